The molecule has 0 spiro atoms. The number of amides is 1. The van der Waals surface area contributed by atoms with E-state index in [0.717, 1.165) is 31.9 Å². The molecular formula is C19H21FN2O2. The van der Waals surface area contributed by atoms with Crippen molar-refractivity contribution in [2.24, 2.45) is 0 Å². The molecule has 0 atom stereocenters. The smallest absolute Gasteiger partial charge is 0.254 e. The second-order valence-electron chi connectivity index (χ2n) is 5.75. The van der Waals surface area contributed by atoms with E-state index in [1.807, 2.05) is 0 Å². The predicted molar refractivity (Wildman–Crippen MR) is 91.9 cm³/mol. The molecule has 24 heavy (non-hydrogen) atoms. The second kappa shape index (κ2) is 7.93. The minimum Gasteiger partial charge on any atom is -0.378 e. The molecule has 1 N–H and O–H groups in total. The Balaban J connectivity index is 1.50. The fourth-order valence-corrected chi connectivity index (χ4v) is 2.76. The van der Waals surface area contributed by atoms with Crippen LogP contribution in [0.5, 0.6) is 0 Å². The van der Waals surface area contributed by atoms with Crippen molar-refractivity contribution in [3.05, 3.63) is 65.5 Å². The first-order chi connectivity index (χ1) is 11.7. The standard InChI is InChI=1S/C19H21FN2O2/c20-18-4-2-1-3-17(18)19(23)21-10-9-15-5-7-16(8-6-15)22-11-13-24-14-12-22/h1-8H,9-14H2,(H,21,23). The van der Waals surface area contributed by atoms with Crippen molar-refractivity contribution in [2.45, 2.75) is 6.42 Å². The highest BCUT2D eigenvalue weighted by atomic mass is 19.1. The Bertz CT molecular complexity index is 682. The molecule has 1 aliphatic heterocycles. The largest absolute Gasteiger partial charge is 0.378 e. The monoisotopic (exact) mass is 328 g/mol. The number of ether oxygens (including phenoxy) is 1. The third kappa shape index (κ3) is 4.11. The van der Waals surface area contributed by atoms with Crippen LogP contribution < -0.4 is 10.2 Å². The van der Waals surface area contributed by atoms with Crippen molar-refractivity contribution in [1.29, 1.82) is 0 Å². The third-order valence-electron chi connectivity index (χ3n) is 4.13. The van der Waals surface area contributed by atoms with Crippen molar-refractivity contribution in [1.82, 2.24) is 5.32 Å². The average Bonchev–Trinajstić information content (AvgIpc) is 2.63. The summed E-state index contributed by atoms with van der Waals surface area (Å²) < 4.78 is 18.9. The van der Waals surface area contributed by atoms with Gasteiger partial charge in [0.15, 0.2) is 0 Å². The Morgan fingerprint density at radius 3 is 2.50 bits per heavy atom. The van der Waals surface area contributed by atoms with Crippen molar-refractivity contribution < 1.29 is 13.9 Å². The van der Waals surface area contributed by atoms with E-state index in [0.29, 0.717) is 13.0 Å². The summed E-state index contributed by atoms with van der Waals surface area (Å²) in [4.78, 5) is 14.2. The van der Waals surface area contributed by atoms with E-state index in [4.69, 9.17) is 4.74 Å². The van der Waals surface area contributed by atoms with Crippen LogP contribution >= 0.6 is 0 Å². The Labute approximate surface area is 141 Å². The Hall–Kier alpha value is -2.40. The van der Waals surface area contributed by atoms with Crippen LogP contribution in [0, 0.1) is 5.82 Å². The van der Waals surface area contributed by atoms with Crippen LogP contribution in [0.3, 0.4) is 0 Å². The molecule has 1 heterocycles. The molecule has 1 saturated heterocycles. The molecule has 2 aromatic rings. The molecule has 0 aromatic heterocycles. The number of hydrogen-bond donors (Lipinski definition) is 1. The van der Waals surface area contributed by atoms with Crippen LogP contribution in [0.25, 0.3) is 0 Å². The van der Waals surface area contributed by atoms with Gasteiger partial charge in [-0.25, -0.2) is 4.39 Å². The zero-order valence-electron chi connectivity index (χ0n) is 13.5. The lowest BCUT2D eigenvalue weighted by molar-refractivity contribution is 0.0950. The summed E-state index contributed by atoms with van der Waals surface area (Å²) in [5, 5.41) is 2.76. The summed E-state index contributed by atoms with van der Waals surface area (Å²) in [6.07, 6.45) is 0.712. The maximum absolute atomic E-state index is 13.5. The first kappa shape index (κ1) is 16.5. The zero-order chi connectivity index (χ0) is 16.8. The van der Waals surface area contributed by atoms with Gasteiger partial charge >= 0.3 is 0 Å². The Morgan fingerprint density at radius 1 is 1.08 bits per heavy atom. The van der Waals surface area contributed by atoms with E-state index >= 15 is 0 Å². The molecule has 0 saturated carbocycles. The average molecular weight is 328 g/mol. The van der Waals surface area contributed by atoms with Crippen LogP contribution in [0.4, 0.5) is 10.1 Å². The molecule has 1 aliphatic rings. The van der Waals surface area contributed by atoms with E-state index in [1.54, 1.807) is 12.1 Å². The summed E-state index contributed by atoms with van der Waals surface area (Å²) in [6.45, 7) is 3.84. The number of hydrogen-bond acceptors (Lipinski definition) is 3. The summed E-state index contributed by atoms with van der Waals surface area (Å²) in [5.74, 6) is -0.872. The summed E-state index contributed by atoms with van der Waals surface area (Å²) >= 11 is 0. The molecule has 4 nitrogen and oxygen atoms in total. The molecule has 2 aromatic carbocycles. The van der Waals surface area contributed by atoms with Crippen molar-refractivity contribution in [2.75, 3.05) is 37.7 Å². The van der Waals surface area contributed by atoms with Crippen molar-refractivity contribution in [3.8, 4) is 0 Å². The Kier molecular flexibility index (Phi) is 5.43. The van der Waals surface area contributed by atoms with E-state index in [9.17, 15) is 9.18 Å². The van der Waals surface area contributed by atoms with E-state index in [1.165, 1.54) is 17.8 Å². The number of benzene rings is 2. The SMILES string of the molecule is O=C(NCCc1ccc(N2CCOCC2)cc1)c1ccccc1F. The highest BCUT2D eigenvalue weighted by Gasteiger charge is 2.11. The summed E-state index contributed by atoms with van der Waals surface area (Å²) in [7, 11) is 0. The molecule has 126 valence electrons. The van der Waals surface area contributed by atoms with Gasteiger partial charge in [-0.05, 0) is 36.2 Å². The molecular weight excluding hydrogens is 307 g/mol. The van der Waals surface area contributed by atoms with Gasteiger partial charge in [0.1, 0.15) is 5.82 Å². The maximum Gasteiger partial charge on any atom is 0.254 e. The number of carbonyl (C=O) groups is 1. The van der Waals surface area contributed by atoms with Gasteiger partial charge in [0.05, 0.1) is 18.8 Å². The number of morpholine rings is 1. The molecule has 0 unspecified atom stereocenters. The van der Waals surface area contributed by atoms with Crippen LogP contribution in [-0.4, -0.2) is 38.8 Å². The van der Waals surface area contributed by atoms with Gasteiger partial charge in [-0.2, -0.15) is 0 Å². The van der Waals surface area contributed by atoms with Gasteiger partial charge < -0.3 is 15.0 Å². The fraction of sp³-hybridized carbons (Fsp3) is 0.316. The number of anilines is 1. The Morgan fingerprint density at radius 2 is 1.79 bits per heavy atom. The number of halogens is 1. The molecule has 0 aliphatic carbocycles. The number of rotatable bonds is 5. The van der Waals surface area contributed by atoms with Crippen LogP contribution in [0.15, 0.2) is 48.5 Å². The summed E-state index contributed by atoms with van der Waals surface area (Å²) in [6, 6.07) is 14.3. The van der Waals surface area contributed by atoms with Gasteiger partial charge in [0.25, 0.3) is 5.91 Å². The fourth-order valence-electron chi connectivity index (χ4n) is 2.76. The molecule has 1 fully saturated rings. The second-order valence-corrected chi connectivity index (χ2v) is 5.75. The molecule has 1 amide bonds. The minimum absolute atomic E-state index is 0.0835. The van der Waals surface area contributed by atoms with Crippen LogP contribution in [-0.2, 0) is 11.2 Å². The quantitative estimate of drug-likeness (QED) is 0.917. The minimum atomic E-state index is -0.495. The first-order valence-corrected chi connectivity index (χ1v) is 8.18. The highest BCUT2D eigenvalue weighted by Crippen LogP contribution is 2.16. The topological polar surface area (TPSA) is 41.6 Å². The normalized spacial score (nSPS) is 14.5. The number of nitrogens with one attached hydrogen (secondary N) is 1. The van der Waals surface area contributed by atoms with Gasteiger partial charge in [-0.3, -0.25) is 4.79 Å². The lowest BCUT2D eigenvalue weighted by atomic mass is 10.1. The predicted octanol–water partition coefficient (Wildman–Crippen LogP) is 2.63. The molecule has 5 heteroatoms. The zero-order valence-corrected chi connectivity index (χ0v) is 13.5. The highest BCUT2D eigenvalue weighted by molar-refractivity contribution is 5.94. The maximum atomic E-state index is 13.5. The molecule has 3 rings (SSSR count). The number of carbonyl (C=O) groups excluding carboxylic acids is 1. The van der Waals surface area contributed by atoms with Crippen molar-refractivity contribution >= 4 is 11.6 Å². The third-order valence-corrected chi connectivity index (χ3v) is 4.13. The van der Waals surface area contributed by atoms with Gasteiger partial charge in [-0.15, -0.1) is 0 Å². The molecule has 0 radical (unpaired) electrons. The van der Waals surface area contributed by atoms with Crippen LogP contribution in [0.2, 0.25) is 0 Å². The van der Waals surface area contributed by atoms with E-state index in [2.05, 4.69) is 34.5 Å². The first-order valence-electron chi connectivity index (χ1n) is 8.18. The van der Waals surface area contributed by atoms with Gasteiger partial charge in [-0.1, -0.05) is 24.3 Å². The van der Waals surface area contributed by atoms with E-state index < -0.39 is 5.82 Å². The van der Waals surface area contributed by atoms with Crippen LogP contribution in [0.1, 0.15) is 15.9 Å². The van der Waals surface area contributed by atoms with Gasteiger partial charge in [0.2, 0.25) is 0 Å². The van der Waals surface area contributed by atoms with Gasteiger partial charge in [0, 0.05) is 25.3 Å². The lowest BCUT2D eigenvalue weighted by Crippen LogP contribution is -2.36. The van der Waals surface area contributed by atoms with Crippen molar-refractivity contribution in [3.63, 3.8) is 0 Å². The lowest BCUT2D eigenvalue weighted by Gasteiger charge is -2.28. The summed E-state index contributed by atoms with van der Waals surface area (Å²) in [5.41, 5.74) is 2.42. The van der Waals surface area contributed by atoms with E-state index in [-0.39, 0.29) is 11.5 Å². The number of nitrogens with zero attached hydrogens (tertiary/aromatic N) is 1. The molecule has 0 bridgehead atoms.